The van der Waals surface area contributed by atoms with Crippen LogP contribution in [0.1, 0.15) is 29.3 Å². The molecule has 0 saturated heterocycles. The van der Waals surface area contributed by atoms with Gasteiger partial charge in [-0.25, -0.2) is 0 Å². The lowest BCUT2D eigenvalue weighted by Crippen LogP contribution is -2.26. The number of para-hydroxylation sites is 1. The van der Waals surface area contributed by atoms with E-state index in [2.05, 4.69) is 5.32 Å². The first-order valence-electron chi connectivity index (χ1n) is 7.47. The quantitative estimate of drug-likeness (QED) is 0.818. The molecular weight excluding hydrogens is 308 g/mol. The Bertz CT molecular complexity index is 674. The van der Waals surface area contributed by atoms with Crippen LogP contribution in [-0.4, -0.2) is 17.1 Å². The SMILES string of the molecule is CCC(SCc1ccccc1)C(=O)Nc1ccccc1C(N)=O. The highest BCUT2D eigenvalue weighted by Crippen LogP contribution is 2.23. The van der Waals surface area contributed by atoms with E-state index in [4.69, 9.17) is 5.73 Å². The molecule has 0 heterocycles. The van der Waals surface area contributed by atoms with E-state index in [0.717, 1.165) is 5.75 Å². The van der Waals surface area contributed by atoms with Crippen molar-refractivity contribution < 1.29 is 9.59 Å². The normalized spacial score (nSPS) is 11.7. The zero-order valence-corrected chi connectivity index (χ0v) is 13.8. The van der Waals surface area contributed by atoms with Crippen molar-refractivity contribution in [3.8, 4) is 0 Å². The second-order valence-corrected chi connectivity index (χ2v) is 6.28. The Morgan fingerprint density at radius 1 is 1.09 bits per heavy atom. The van der Waals surface area contributed by atoms with Gasteiger partial charge in [-0.15, -0.1) is 11.8 Å². The maximum Gasteiger partial charge on any atom is 0.250 e. The van der Waals surface area contributed by atoms with Crippen LogP contribution in [0.3, 0.4) is 0 Å². The van der Waals surface area contributed by atoms with Gasteiger partial charge in [-0.1, -0.05) is 49.4 Å². The van der Waals surface area contributed by atoms with Crippen molar-refractivity contribution in [2.45, 2.75) is 24.3 Å². The van der Waals surface area contributed by atoms with Gasteiger partial charge in [0, 0.05) is 5.75 Å². The van der Waals surface area contributed by atoms with Gasteiger partial charge in [0.05, 0.1) is 16.5 Å². The van der Waals surface area contributed by atoms with Gasteiger partial charge >= 0.3 is 0 Å². The molecule has 120 valence electrons. The van der Waals surface area contributed by atoms with E-state index in [1.165, 1.54) is 5.56 Å². The minimum absolute atomic E-state index is 0.109. The van der Waals surface area contributed by atoms with Crippen molar-refractivity contribution in [1.29, 1.82) is 0 Å². The lowest BCUT2D eigenvalue weighted by Gasteiger charge is -2.16. The van der Waals surface area contributed by atoms with Crippen LogP contribution in [-0.2, 0) is 10.5 Å². The molecule has 0 aliphatic heterocycles. The van der Waals surface area contributed by atoms with Gasteiger partial charge < -0.3 is 11.1 Å². The number of carbonyl (C=O) groups is 2. The maximum absolute atomic E-state index is 12.5. The number of nitrogens with two attached hydrogens (primary N) is 1. The maximum atomic E-state index is 12.5. The summed E-state index contributed by atoms with van der Waals surface area (Å²) in [4.78, 5) is 23.9. The predicted octanol–water partition coefficient (Wildman–Crippen LogP) is 3.44. The topological polar surface area (TPSA) is 72.2 Å². The van der Waals surface area contributed by atoms with Crippen molar-refractivity contribution in [3.05, 3.63) is 65.7 Å². The summed E-state index contributed by atoms with van der Waals surface area (Å²) in [5.74, 6) is 0.109. The van der Waals surface area contributed by atoms with Crippen molar-refractivity contribution in [2.24, 2.45) is 5.73 Å². The van der Waals surface area contributed by atoms with Gasteiger partial charge in [-0.05, 0) is 24.1 Å². The van der Waals surface area contributed by atoms with E-state index in [1.807, 2.05) is 37.3 Å². The Balaban J connectivity index is 2.02. The van der Waals surface area contributed by atoms with E-state index < -0.39 is 5.91 Å². The first-order valence-corrected chi connectivity index (χ1v) is 8.52. The first-order chi connectivity index (χ1) is 11.1. The molecule has 3 N–H and O–H groups in total. The van der Waals surface area contributed by atoms with Crippen LogP contribution >= 0.6 is 11.8 Å². The number of nitrogens with one attached hydrogen (secondary N) is 1. The highest BCUT2D eigenvalue weighted by molar-refractivity contribution is 7.99. The van der Waals surface area contributed by atoms with E-state index >= 15 is 0 Å². The van der Waals surface area contributed by atoms with E-state index in [1.54, 1.807) is 36.0 Å². The van der Waals surface area contributed by atoms with Crippen molar-refractivity contribution >= 4 is 29.3 Å². The molecule has 2 amide bonds. The van der Waals surface area contributed by atoms with Crippen LogP contribution in [0.25, 0.3) is 0 Å². The zero-order valence-electron chi connectivity index (χ0n) is 13.0. The first kappa shape index (κ1) is 17.1. The molecule has 0 aromatic heterocycles. The highest BCUT2D eigenvalue weighted by atomic mass is 32.2. The number of benzene rings is 2. The summed E-state index contributed by atoms with van der Waals surface area (Å²) in [6.07, 6.45) is 0.710. The average Bonchev–Trinajstić information content (AvgIpc) is 2.56. The Labute approximate surface area is 140 Å². The van der Waals surface area contributed by atoms with E-state index in [0.29, 0.717) is 17.7 Å². The lowest BCUT2D eigenvalue weighted by molar-refractivity contribution is -0.115. The molecule has 0 aliphatic carbocycles. The lowest BCUT2D eigenvalue weighted by atomic mass is 10.1. The summed E-state index contributed by atoms with van der Waals surface area (Å²) in [7, 11) is 0. The fraction of sp³-hybridized carbons (Fsp3) is 0.222. The van der Waals surface area contributed by atoms with Gasteiger partial charge in [-0.3, -0.25) is 9.59 Å². The Kier molecular flexibility index (Phi) is 6.23. The smallest absolute Gasteiger partial charge is 0.250 e. The molecule has 0 radical (unpaired) electrons. The predicted molar refractivity (Wildman–Crippen MR) is 95.4 cm³/mol. The number of hydrogen-bond donors (Lipinski definition) is 2. The zero-order chi connectivity index (χ0) is 16.7. The van der Waals surface area contributed by atoms with Gasteiger partial charge in [0.1, 0.15) is 0 Å². The minimum Gasteiger partial charge on any atom is -0.366 e. The number of hydrogen-bond acceptors (Lipinski definition) is 3. The van der Waals surface area contributed by atoms with Crippen molar-refractivity contribution in [3.63, 3.8) is 0 Å². The summed E-state index contributed by atoms with van der Waals surface area (Å²) in [5.41, 5.74) is 7.30. The summed E-state index contributed by atoms with van der Waals surface area (Å²) in [6.45, 7) is 1.97. The number of rotatable bonds is 7. The van der Waals surface area contributed by atoms with Crippen molar-refractivity contribution in [1.82, 2.24) is 0 Å². The average molecular weight is 328 g/mol. The fourth-order valence-corrected chi connectivity index (χ4v) is 3.20. The highest BCUT2D eigenvalue weighted by Gasteiger charge is 2.19. The Hall–Kier alpha value is -2.27. The molecule has 4 nitrogen and oxygen atoms in total. The summed E-state index contributed by atoms with van der Waals surface area (Å²) in [5, 5.41) is 2.63. The number of primary amides is 1. The molecule has 2 rings (SSSR count). The molecule has 0 spiro atoms. The molecule has 5 heteroatoms. The molecule has 2 aromatic carbocycles. The largest absolute Gasteiger partial charge is 0.366 e. The Morgan fingerprint density at radius 3 is 2.39 bits per heavy atom. The van der Waals surface area contributed by atoms with Crippen molar-refractivity contribution in [2.75, 3.05) is 5.32 Å². The minimum atomic E-state index is -0.550. The van der Waals surface area contributed by atoms with Gasteiger partial charge in [0.25, 0.3) is 5.91 Å². The number of thioether (sulfide) groups is 1. The molecular formula is C18H20N2O2S. The molecule has 0 bridgehead atoms. The number of anilines is 1. The van der Waals surface area contributed by atoms with Crippen LogP contribution in [0.4, 0.5) is 5.69 Å². The molecule has 1 unspecified atom stereocenters. The third-order valence-electron chi connectivity index (χ3n) is 3.41. The number of carbonyl (C=O) groups excluding carboxylic acids is 2. The van der Waals surface area contributed by atoms with Crippen LogP contribution in [0.15, 0.2) is 54.6 Å². The fourth-order valence-electron chi connectivity index (χ4n) is 2.17. The van der Waals surface area contributed by atoms with Crippen LogP contribution in [0.2, 0.25) is 0 Å². The van der Waals surface area contributed by atoms with E-state index in [-0.39, 0.29) is 11.2 Å². The van der Waals surface area contributed by atoms with Gasteiger partial charge in [0.15, 0.2) is 0 Å². The molecule has 0 saturated carbocycles. The molecule has 0 aliphatic rings. The summed E-state index contributed by atoms with van der Waals surface area (Å²) in [6, 6.07) is 16.8. The summed E-state index contributed by atoms with van der Waals surface area (Å²) >= 11 is 1.59. The van der Waals surface area contributed by atoms with E-state index in [9.17, 15) is 9.59 Å². The summed E-state index contributed by atoms with van der Waals surface area (Å²) < 4.78 is 0. The Morgan fingerprint density at radius 2 is 1.74 bits per heavy atom. The van der Waals surface area contributed by atoms with Gasteiger partial charge in [0.2, 0.25) is 5.91 Å². The molecule has 0 fully saturated rings. The van der Waals surface area contributed by atoms with Crippen LogP contribution in [0.5, 0.6) is 0 Å². The third kappa shape index (κ3) is 4.86. The molecule has 2 aromatic rings. The molecule has 23 heavy (non-hydrogen) atoms. The second kappa shape index (κ2) is 8.39. The standard InChI is InChI=1S/C18H20N2O2S/c1-2-16(23-12-13-8-4-3-5-9-13)18(22)20-15-11-7-6-10-14(15)17(19)21/h3-11,16H,2,12H2,1H3,(H2,19,21)(H,20,22). The van der Waals surface area contributed by atoms with Crippen LogP contribution < -0.4 is 11.1 Å². The monoisotopic (exact) mass is 328 g/mol. The van der Waals surface area contributed by atoms with Gasteiger partial charge in [-0.2, -0.15) is 0 Å². The third-order valence-corrected chi connectivity index (χ3v) is 4.86. The second-order valence-electron chi connectivity index (χ2n) is 5.09. The molecule has 1 atom stereocenters. The van der Waals surface area contributed by atoms with Crippen LogP contribution in [0, 0.1) is 0 Å². The number of amides is 2.